The van der Waals surface area contributed by atoms with Gasteiger partial charge in [0.15, 0.2) is 0 Å². The minimum atomic E-state index is -0.209. The molecule has 0 saturated carbocycles. The van der Waals surface area contributed by atoms with Crippen LogP contribution in [0.2, 0.25) is 0 Å². The molecule has 5 rings (SSSR count). The first kappa shape index (κ1) is 20.2. The van der Waals surface area contributed by atoms with Crippen molar-refractivity contribution < 1.29 is 14.2 Å². The van der Waals surface area contributed by atoms with Gasteiger partial charge in [-0.2, -0.15) is 5.10 Å². The summed E-state index contributed by atoms with van der Waals surface area (Å²) in [7, 11) is 1.56. The van der Waals surface area contributed by atoms with Crippen LogP contribution in [0.15, 0.2) is 59.4 Å². The molecule has 1 aliphatic heterocycles. The van der Waals surface area contributed by atoms with Gasteiger partial charge in [-0.05, 0) is 53.0 Å². The second-order valence-electron chi connectivity index (χ2n) is 7.91. The van der Waals surface area contributed by atoms with Crippen LogP contribution in [0.25, 0.3) is 11.0 Å². The van der Waals surface area contributed by atoms with Gasteiger partial charge in [-0.15, -0.1) is 0 Å². The fourth-order valence-corrected chi connectivity index (χ4v) is 4.23. The summed E-state index contributed by atoms with van der Waals surface area (Å²) in [6.45, 7) is 2.74. The Balaban J connectivity index is 1.22. The van der Waals surface area contributed by atoms with Crippen molar-refractivity contribution in [2.45, 2.75) is 25.4 Å². The summed E-state index contributed by atoms with van der Waals surface area (Å²) in [5.41, 5.74) is 3.24. The molecule has 0 spiro atoms. The molecular formula is C23H24N6O3. The number of piperidine rings is 1. The third-order valence-electron chi connectivity index (χ3n) is 5.89. The number of methoxy groups -OCH3 is 1. The maximum atomic E-state index is 12.8. The summed E-state index contributed by atoms with van der Waals surface area (Å²) in [5.74, 6) is 1.03. The molecule has 9 nitrogen and oxygen atoms in total. The molecule has 2 aromatic heterocycles. The average molecular weight is 432 g/mol. The second kappa shape index (κ2) is 8.80. The predicted molar refractivity (Wildman–Crippen MR) is 119 cm³/mol. The van der Waals surface area contributed by atoms with E-state index in [0.29, 0.717) is 17.1 Å². The minimum absolute atomic E-state index is 0.209. The van der Waals surface area contributed by atoms with E-state index in [9.17, 15) is 4.79 Å². The van der Waals surface area contributed by atoms with Gasteiger partial charge in [0.1, 0.15) is 22.6 Å². The van der Waals surface area contributed by atoms with Crippen molar-refractivity contribution in [2.75, 3.05) is 25.5 Å². The van der Waals surface area contributed by atoms with Gasteiger partial charge in [0, 0.05) is 25.7 Å². The van der Waals surface area contributed by atoms with E-state index in [2.05, 4.69) is 31.7 Å². The number of hydrogen-bond donors (Lipinski definition) is 1. The van der Waals surface area contributed by atoms with Gasteiger partial charge in [0.25, 0.3) is 5.91 Å². The van der Waals surface area contributed by atoms with Crippen LogP contribution in [0.1, 0.15) is 34.8 Å². The molecule has 0 unspecified atom stereocenters. The number of hydrogen-bond acceptors (Lipinski definition) is 7. The molecule has 164 valence electrons. The fourth-order valence-electron chi connectivity index (χ4n) is 4.23. The first-order valence-corrected chi connectivity index (χ1v) is 10.6. The molecule has 1 amide bonds. The highest BCUT2D eigenvalue weighted by atomic mass is 16.6. The predicted octanol–water partition coefficient (Wildman–Crippen LogP) is 3.52. The van der Waals surface area contributed by atoms with E-state index in [1.807, 2.05) is 35.0 Å². The number of aromatic nitrogens is 4. The van der Waals surface area contributed by atoms with Gasteiger partial charge in [0.2, 0.25) is 0 Å². The number of rotatable bonds is 6. The molecule has 4 aromatic rings. The molecule has 9 heteroatoms. The van der Waals surface area contributed by atoms with E-state index < -0.39 is 0 Å². The summed E-state index contributed by atoms with van der Waals surface area (Å²) in [4.78, 5) is 15.2. The van der Waals surface area contributed by atoms with Crippen LogP contribution in [-0.4, -0.2) is 51.1 Å². The quantitative estimate of drug-likeness (QED) is 0.498. The third-order valence-corrected chi connectivity index (χ3v) is 5.89. The lowest BCUT2D eigenvalue weighted by Crippen LogP contribution is -2.35. The van der Waals surface area contributed by atoms with E-state index >= 15 is 0 Å². The third kappa shape index (κ3) is 4.06. The molecule has 1 N–H and O–H groups in total. The van der Waals surface area contributed by atoms with E-state index in [4.69, 9.17) is 9.37 Å². The molecule has 2 aromatic carbocycles. The summed E-state index contributed by atoms with van der Waals surface area (Å²) < 4.78 is 12.0. The Labute approximate surface area is 184 Å². The number of likely N-dealkylation sites (tertiary alicyclic amines) is 1. The van der Waals surface area contributed by atoms with Gasteiger partial charge in [-0.3, -0.25) is 9.69 Å². The van der Waals surface area contributed by atoms with Crippen molar-refractivity contribution in [1.82, 2.24) is 25.0 Å². The van der Waals surface area contributed by atoms with E-state index in [0.717, 1.165) is 43.5 Å². The smallest absolute Gasteiger partial charge is 0.260 e. The van der Waals surface area contributed by atoms with Gasteiger partial charge in [-0.1, -0.05) is 18.2 Å². The van der Waals surface area contributed by atoms with E-state index in [1.54, 1.807) is 25.4 Å². The minimum Gasteiger partial charge on any atom is -0.496 e. The highest BCUT2D eigenvalue weighted by molar-refractivity contribution is 6.05. The summed E-state index contributed by atoms with van der Waals surface area (Å²) in [5, 5.41) is 15.3. The highest BCUT2D eigenvalue weighted by Crippen LogP contribution is 2.27. The number of ether oxygens (including phenoxy) is 1. The van der Waals surface area contributed by atoms with Crippen molar-refractivity contribution in [1.29, 1.82) is 0 Å². The van der Waals surface area contributed by atoms with Crippen molar-refractivity contribution in [3.05, 3.63) is 65.9 Å². The zero-order valence-electron chi connectivity index (χ0n) is 17.8. The Morgan fingerprint density at radius 3 is 2.78 bits per heavy atom. The SMILES string of the molecule is COc1ccccc1C(=O)Nc1ccnn1C1CCN(Cc2ccc3nonc3c2)CC1. The number of nitrogens with one attached hydrogen (secondary N) is 1. The van der Waals surface area contributed by atoms with Crippen LogP contribution in [0, 0.1) is 0 Å². The van der Waals surface area contributed by atoms with Gasteiger partial charge in [-0.25, -0.2) is 9.31 Å². The molecule has 0 aliphatic carbocycles. The standard InChI is InChI=1S/C23H24N6O3/c1-31-21-5-3-2-4-18(21)23(30)25-22-8-11-24-29(22)17-9-12-28(13-10-17)15-16-6-7-19-20(14-16)27-32-26-19/h2-8,11,14,17H,9-10,12-13,15H2,1H3,(H,25,30). The largest absolute Gasteiger partial charge is 0.496 e. The van der Waals surface area contributed by atoms with Gasteiger partial charge in [0.05, 0.1) is 24.9 Å². The molecule has 1 aliphatic rings. The highest BCUT2D eigenvalue weighted by Gasteiger charge is 2.24. The first-order valence-electron chi connectivity index (χ1n) is 10.6. The summed E-state index contributed by atoms with van der Waals surface area (Å²) >= 11 is 0. The van der Waals surface area contributed by atoms with Crippen molar-refractivity contribution in [2.24, 2.45) is 0 Å². The van der Waals surface area contributed by atoms with Crippen molar-refractivity contribution in [3.63, 3.8) is 0 Å². The number of para-hydroxylation sites is 1. The number of carbonyl (C=O) groups excluding carboxylic acids is 1. The lowest BCUT2D eigenvalue weighted by atomic mass is 10.0. The lowest BCUT2D eigenvalue weighted by molar-refractivity contribution is 0.102. The normalized spacial score (nSPS) is 15.2. The number of benzene rings is 2. The molecular weight excluding hydrogens is 408 g/mol. The van der Waals surface area contributed by atoms with Gasteiger partial charge < -0.3 is 10.1 Å². The Morgan fingerprint density at radius 1 is 1.12 bits per heavy atom. The van der Waals surface area contributed by atoms with Crippen LogP contribution in [0.5, 0.6) is 5.75 Å². The molecule has 0 bridgehead atoms. The Bertz CT molecular complexity index is 1230. The van der Waals surface area contributed by atoms with Crippen LogP contribution in [0.3, 0.4) is 0 Å². The van der Waals surface area contributed by atoms with E-state index in [1.165, 1.54) is 5.56 Å². The average Bonchev–Trinajstić information content (AvgIpc) is 3.48. The zero-order chi connectivity index (χ0) is 21.9. The van der Waals surface area contributed by atoms with Gasteiger partial charge >= 0.3 is 0 Å². The number of amides is 1. The Hall–Kier alpha value is -3.72. The topological polar surface area (TPSA) is 98.3 Å². The number of nitrogens with zero attached hydrogens (tertiary/aromatic N) is 5. The molecule has 0 atom stereocenters. The maximum Gasteiger partial charge on any atom is 0.260 e. The second-order valence-corrected chi connectivity index (χ2v) is 7.91. The van der Waals surface area contributed by atoms with Crippen LogP contribution >= 0.6 is 0 Å². The zero-order valence-corrected chi connectivity index (χ0v) is 17.8. The molecule has 3 heterocycles. The van der Waals surface area contributed by atoms with E-state index in [-0.39, 0.29) is 11.9 Å². The molecule has 1 fully saturated rings. The first-order chi connectivity index (χ1) is 15.7. The van der Waals surface area contributed by atoms with Crippen molar-refractivity contribution in [3.8, 4) is 5.75 Å². The monoisotopic (exact) mass is 432 g/mol. The summed E-state index contributed by atoms with van der Waals surface area (Å²) in [6, 6.07) is 15.3. The van der Waals surface area contributed by atoms with Crippen LogP contribution in [0.4, 0.5) is 5.82 Å². The van der Waals surface area contributed by atoms with Crippen molar-refractivity contribution >= 4 is 22.8 Å². The molecule has 1 saturated heterocycles. The summed E-state index contributed by atoms with van der Waals surface area (Å²) in [6.07, 6.45) is 3.63. The van der Waals surface area contributed by atoms with Crippen LogP contribution in [-0.2, 0) is 6.54 Å². The number of anilines is 1. The lowest BCUT2D eigenvalue weighted by Gasteiger charge is -2.32. The molecule has 0 radical (unpaired) electrons. The number of fused-ring (bicyclic) bond motifs is 1. The molecule has 32 heavy (non-hydrogen) atoms. The number of carbonyl (C=O) groups is 1. The van der Waals surface area contributed by atoms with Crippen LogP contribution < -0.4 is 10.1 Å². The Morgan fingerprint density at radius 2 is 1.94 bits per heavy atom. The maximum absolute atomic E-state index is 12.8. The Kier molecular flexibility index (Phi) is 5.55. The fraction of sp³-hybridized carbons (Fsp3) is 0.304.